The number of sulfonamides is 1. The highest BCUT2D eigenvalue weighted by Crippen LogP contribution is 2.28. The van der Waals surface area contributed by atoms with Gasteiger partial charge in [-0.3, -0.25) is 13.9 Å². The minimum absolute atomic E-state index is 0.101. The van der Waals surface area contributed by atoms with Crippen LogP contribution in [0.4, 0.5) is 5.69 Å². The normalized spacial score (nSPS) is 12.8. The van der Waals surface area contributed by atoms with Gasteiger partial charge in [-0.1, -0.05) is 89.1 Å². The molecule has 208 valence electrons. The fourth-order valence-electron chi connectivity index (χ4n) is 4.03. The number of benzene rings is 3. The maximum Gasteiger partial charge on any atom is 0.244 e. The Morgan fingerprint density at radius 2 is 1.56 bits per heavy atom. The van der Waals surface area contributed by atoms with Crippen molar-refractivity contribution in [2.75, 3.05) is 17.1 Å². The highest BCUT2D eigenvalue weighted by molar-refractivity contribution is 9.10. The van der Waals surface area contributed by atoms with Crippen molar-refractivity contribution in [3.05, 3.63) is 99.5 Å². The molecule has 0 bridgehead atoms. The molecule has 0 heterocycles. The van der Waals surface area contributed by atoms with Crippen LogP contribution in [0.1, 0.15) is 31.4 Å². The van der Waals surface area contributed by atoms with E-state index in [4.69, 9.17) is 11.6 Å². The van der Waals surface area contributed by atoms with Gasteiger partial charge < -0.3 is 10.2 Å². The third-order valence-corrected chi connectivity index (χ3v) is 8.31. The van der Waals surface area contributed by atoms with Gasteiger partial charge in [-0.05, 0) is 48.7 Å². The lowest BCUT2D eigenvalue weighted by atomic mass is 10.0. The predicted octanol–water partition coefficient (Wildman–Crippen LogP) is 5.42. The van der Waals surface area contributed by atoms with E-state index in [-0.39, 0.29) is 35.6 Å². The molecular formula is C29H33BrClN3O4S. The van der Waals surface area contributed by atoms with Crippen molar-refractivity contribution in [2.45, 2.75) is 45.3 Å². The first-order valence-electron chi connectivity index (χ1n) is 12.6. The third-order valence-electron chi connectivity index (χ3n) is 6.34. The van der Waals surface area contributed by atoms with Crippen molar-refractivity contribution in [3.8, 4) is 0 Å². The van der Waals surface area contributed by atoms with Crippen molar-refractivity contribution >= 4 is 55.1 Å². The van der Waals surface area contributed by atoms with Gasteiger partial charge in [0.25, 0.3) is 0 Å². The van der Waals surface area contributed by atoms with Crippen LogP contribution in [0.2, 0.25) is 5.02 Å². The van der Waals surface area contributed by atoms with Crippen molar-refractivity contribution in [1.29, 1.82) is 0 Å². The van der Waals surface area contributed by atoms with Crippen LogP contribution < -0.4 is 9.62 Å². The summed E-state index contributed by atoms with van der Waals surface area (Å²) < 4.78 is 27.5. The lowest BCUT2D eigenvalue weighted by molar-refractivity contribution is -0.140. The Hall–Kier alpha value is -2.88. The van der Waals surface area contributed by atoms with Crippen molar-refractivity contribution < 1.29 is 18.0 Å². The SMILES string of the molecule is CC[C@@H](C)NC(=O)[C@@H](Cc1ccccc1)N(Cc1ccc(Br)cc1)C(=O)CN(c1ccccc1Cl)S(C)(=O)=O. The van der Waals surface area contributed by atoms with E-state index in [9.17, 15) is 18.0 Å². The van der Waals surface area contributed by atoms with Gasteiger partial charge >= 0.3 is 0 Å². The van der Waals surface area contributed by atoms with Gasteiger partial charge in [0, 0.05) is 23.5 Å². The van der Waals surface area contributed by atoms with Crippen LogP contribution >= 0.6 is 27.5 Å². The molecule has 0 aromatic heterocycles. The smallest absolute Gasteiger partial charge is 0.244 e. The molecule has 2 amide bonds. The number of nitrogens with zero attached hydrogens (tertiary/aromatic N) is 2. The summed E-state index contributed by atoms with van der Waals surface area (Å²) in [6, 6.07) is 22.3. The maximum absolute atomic E-state index is 14.0. The molecule has 0 saturated carbocycles. The molecule has 2 atom stereocenters. The Labute approximate surface area is 244 Å². The highest BCUT2D eigenvalue weighted by Gasteiger charge is 2.33. The number of carbonyl (C=O) groups is 2. The van der Waals surface area contributed by atoms with Crippen molar-refractivity contribution in [3.63, 3.8) is 0 Å². The summed E-state index contributed by atoms with van der Waals surface area (Å²) >= 11 is 9.76. The quantitative estimate of drug-likeness (QED) is 0.288. The van der Waals surface area contributed by atoms with Gasteiger partial charge in [-0.15, -0.1) is 0 Å². The summed E-state index contributed by atoms with van der Waals surface area (Å²) in [5.41, 5.74) is 1.87. The molecule has 0 aliphatic carbocycles. The monoisotopic (exact) mass is 633 g/mol. The van der Waals surface area contributed by atoms with Crippen LogP contribution in [0, 0.1) is 0 Å². The Bertz CT molecular complexity index is 1370. The van der Waals surface area contributed by atoms with E-state index in [1.165, 1.54) is 4.90 Å². The van der Waals surface area contributed by atoms with E-state index in [0.29, 0.717) is 0 Å². The van der Waals surface area contributed by atoms with Crippen LogP contribution in [-0.4, -0.2) is 50.0 Å². The fourth-order valence-corrected chi connectivity index (χ4v) is 5.44. The minimum Gasteiger partial charge on any atom is -0.352 e. The summed E-state index contributed by atoms with van der Waals surface area (Å²) in [6.45, 7) is 3.47. The number of halogens is 2. The molecule has 39 heavy (non-hydrogen) atoms. The van der Waals surface area contributed by atoms with Crippen molar-refractivity contribution in [2.24, 2.45) is 0 Å². The molecular weight excluding hydrogens is 602 g/mol. The molecule has 3 aromatic carbocycles. The summed E-state index contributed by atoms with van der Waals surface area (Å²) in [5.74, 6) is -0.828. The summed E-state index contributed by atoms with van der Waals surface area (Å²) in [5, 5.41) is 3.21. The van der Waals surface area contributed by atoms with Crippen LogP contribution in [0.3, 0.4) is 0 Å². The second-order valence-corrected chi connectivity index (χ2v) is 12.6. The summed E-state index contributed by atoms with van der Waals surface area (Å²) in [6.07, 6.45) is 2.01. The lowest BCUT2D eigenvalue weighted by Gasteiger charge is -2.34. The molecule has 0 aliphatic rings. The molecule has 0 radical (unpaired) electrons. The Morgan fingerprint density at radius 3 is 2.15 bits per heavy atom. The number of carbonyl (C=O) groups excluding carboxylic acids is 2. The van der Waals surface area contributed by atoms with Gasteiger partial charge in [0.05, 0.1) is 17.0 Å². The molecule has 7 nitrogen and oxygen atoms in total. The number of nitrogens with one attached hydrogen (secondary N) is 1. The molecule has 10 heteroatoms. The topological polar surface area (TPSA) is 86.8 Å². The lowest BCUT2D eigenvalue weighted by Crippen LogP contribution is -2.54. The molecule has 3 aromatic rings. The van der Waals surface area contributed by atoms with Crippen LogP contribution in [-0.2, 0) is 32.6 Å². The van der Waals surface area contributed by atoms with E-state index < -0.39 is 28.5 Å². The minimum atomic E-state index is -3.88. The van der Waals surface area contributed by atoms with Gasteiger partial charge in [-0.25, -0.2) is 8.42 Å². The average molecular weight is 635 g/mol. The van der Waals surface area contributed by atoms with Crippen LogP contribution in [0.5, 0.6) is 0 Å². The van der Waals surface area contributed by atoms with E-state index in [2.05, 4.69) is 21.2 Å². The van der Waals surface area contributed by atoms with Gasteiger partial charge in [0.15, 0.2) is 0 Å². The zero-order chi connectivity index (χ0) is 28.6. The fraction of sp³-hybridized carbons (Fsp3) is 0.310. The third kappa shape index (κ3) is 8.81. The largest absolute Gasteiger partial charge is 0.352 e. The van der Waals surface area contributed by atoms with E-state index in [0.717, 1.165) is 32.6 Å². The van der Waals surface area contributed by atoms with E-state index in [1.54, 1.807) is 24.3 Å². The summed E-state index contributed by atoms with van der Waals surface area (Å²) in [7, 11) is -3.88. The predicted molar refractivity (Wildman–Crippen MR) is 160 cm³/mol. The number of amides is 2. The first kappa shape index (κ1) is 30.7. The molecule has 0 fully saturated rings. The average Bonchev–Trinajstić information content (AvgIpc) is 2.90. The number of hydrogen-bond donors (Lipinski definition) is 1. The summed E-state index contributed by atoms with van der Waals surface area (Å²) in [4.78, 5) is 29.1. The molecule has 3 rings (SSSR count). The van der Waals surface area contributed by atoms with E-state index in [1.807, 2.05) is 68.4 Å². The second-order valence-electron chi connectivity index (χ2n) is 9.39. The molecule has 1 N–H and O–H groups in total. The first-order chi connectivity index (χ1) is 18.5. The van der Waals surface area contributed by atoms with Crippen LogP contribution in [0.25, 0.3) is 0 Å². The molecule has 0 unspecified atom stereocenters. The second kappa shape index (κ2) is 14.0. The maximum atomic E-state index is 14.0. The highest BCUT2D eigenvalue weighted by atomic mass is 79.9. The Morgan fingerprint density at radius 1 is 0.949 bits per heavy atom. The molecule has 0 spiro atoms. The Balaban J connectivity index is 2.06. The number of para-hydroxylation sites is 1. The van der Waals surface area contributed by atoms with Crippen molar-refractivity contribution in [1.82, 2.24) is 10.2 Å². The van der Waals surface area contributed by atoms with E-state index >= 15 is 0 Å². The van der Waals surface area contributed by atoms with Gasteiger partial charge in [-0.2, -0.15) is 0 Å². The number of hydrogen-bond acceptors (Lipinski definition) is 4. The van der Waals surface area contributed by atoms with Gasteiger partial charge in [0.1, 0.15) is 12.6 Å². The molecule has 0 saturated heterocycles. The number of rotatable bonds is 12. The standard InChI is InChI=1S/C29H33BrClN3O4S/c1-4-21(2)32-29(36)27(18-22-10-6-5-7-11-22)33(19-23-14-16-24(30)17-15-23)28(35)20-34(39(3,37)38)26-13-9-8-12-25(26)31/h5-17,21,27H,4,18-20H2,1-3H3,(H,32,36)/t21-,27-/m1/s1. The zero-order valence-electron chi connectivity index (χ0n) is 22.2. The zero-order valence-corrected chi connectivity index (χ0v) is 25.3. The van der Waals surface area contributed by atoms with Gasteiger partial charge in [0.2, 0.25) is 21.8 Å². The first-order valence-corrected chi connectivity index (χ1v) is 15.6. The Kier molecular flexibility index (Phi) is 11.0. The van der Waals surface area contributed by atoms with Crippen LogP contribution in [0.15, 0.2) is 83.3 Å². The number of anilines is 1. The molecule has 0 aliphatic heterocycles.